The van der Waals surface area contributed by atoms with Crippen molar-refractivity contribution >= 4 is 60.1 Å². The number of rotatable bonds is 3. The van der Waals surface area contributed by atoms with Crippen molar-refractivity contribution in [1.29, 1.82) is 0 Å². The summed E-state index contributed by atoms with van der Waals surface area (Å²) in [5, 5.41) is 7.65. The second-order valence-corrected chi connectivity index (χ2v) is 8.08. The quantitative estimate of drug-likeness (QED) is 0.421. The number of nitrogens with zero attached hydrogens (tertiary/aromatic N) is 2. The van der Waals surface area contributed by atoms with Crippen LogP contribution in [0.1, 0.15) is 25.1 Å². The van der Waals surface area contributed by atoms with Gasteiger partial charge in [-0.1, -0.05) is 19.9 Å². The second-order valence-electron chi connectivity index (χ2n) is 6.16. The first kappa shape index (κ1) is 19.0. The summed E-state index contributed by atoms with van der Waals surface area (Å²) in [4.78, 5) is 10.9. The Hall–Kier alpha value is -2.35. The molecule has 2 N–H and O–H groups in total. The number of thiophene rings is 1. The highest BCUT2D eigenvalue weighted by Gasteiger charge is 2.14. The predicted octanol–water partition coefficient (Wildman–Crippen LogP) is 6.19. The van der Waals surface area contributed by atoms with Crippen molar-refractivity contribution in [1.82, 2.24) is 15.3 Å². The lowest BCUT2D eigenvalue weighted by Crippen LogP contribution is -2.20. The van der Waals surface area contributed by atoms with Crippen molar-refractivity contribution in [3.05, 3.63) is 52.7 Å². The third kappa shape index (κ3) is 3.65. The van der Waals surface area contributed by atoms with Crippen LogP contribution in [0.2, 0.25) is 0 Å². The largest absolute Gasteiger partial charge is 0.352 e. The molecule has 0 saturated heterocycles. The molecule has 3 aromatic heterocycles. The van der Waals surface area contributed by atoms with Crippen molar-refractivity contribution in [2.24, 2.45) is 0 Å². The third-order valence-corrected chi connectivity index (χ3v) is 6.38. The van der Waals surface area contributed by atoms with E-state index in [-0.39, 0.29) is 5.82 Å². The summed E-state index contributed by atoms with van der Waals surface area (Å²) < 4.78 is 15.3. The van der Waals surface area contributed by atoms with Gasteiger partial charge in [0.05, 0.1) is 27.1 Å². The van der Waals surface area contributed by atoms with E-state index < -0.39 is 0 Å². The van der Waals surface area contributed by atoms with Crippen LogP contribution in [0.3, 0.4) is 0 Å². The summed E-state index contributed by atoms with van der Waals surface area (Å²) in [6.45, 7) is 5.91. The van der Waals surface area contributed by atoms with E-state index in [0.29, 0.717) is 5.69 Å². The lowest BCUT2D eigenvalue weighted by Gasteiger charge is -2.12. The molecule has 7 heteroatoms. The van der Waals surface area contributed by atoms with E-state index in [1.54, 1.807) is 29.1 Å². The molecule has 28 heavy (non-hydrogen) atoms. The maximum Gasteiger partial charge on any atom is 0.148 e. The first-order valence-corrected chi connectivity index (χ1v) is 11.1. The number of hydrogen-bond acceptors (Lipinski definition) is 6. The van der Waals surface area contributed by atoms with Crippen LogP contribution in [0.25, 0.3) is 26.0 Å². The van der Waals surface area contributed by atoms with Gasteiger partial charge >= 0.3 is 0 Å². The molecule has 0 unspecified atom stereocenters. The van der Waals surface area contributed by atoms with Gasteiger partial charge in [0.1, 0.15) is 10.6 Å². The molecule has 0 spiro atoms. The van der Waals surface area contributed by atoms with E-state index >= 15 is 0 Å². The number of benzene rings is 1. The average molecular weight is 413 g/mol. The van der Waals surface area contributed by atoms with Crippen molar-refractivity contribution in [3.8, 4) is 0 Å². The Morgan fingerprint density at radius 2 is 2.04 bits per heavy atom. The normalized spacial score (nSPS) is 13.9. The lowest BCUT2D eigenvalue weighted by molar-refractivity contribution is 0.634. The molecule has 5 rings (SSSR count). The Kier molecular flexibility index (Phi) is 5.66. The van der Waals surface area contributed by atoms with Crippen LogP contribution < -0.4 is 10.6 Å². The van der Waals surface area contributed by atoms with Crippen molar-refractivity contribution in [2.75, 3.05) is 18.4 Å². The first-order valence-electron chi connectivity index (χ1n) is 9.36. The molecule has 4 aromatic rings. The Morgan fingerprint density at radius 1 is 1.14 bits per heavy atom. The Labute approximate surface area is 171 Å². The maximum absolute atomic E-state index is 14.5. The fraction of sp³-hybridized carbons (Fsp3) is 0.238. The van der Waals surface area contributed by atoms with Crippen molar-refractivity contribution < 1.29 is 4.39 Å². The summed E-state index contributed by atoms with van der Waals surface area (Å²) in [6.07, 6.45) is 5.09. The van der Waals surface area contributed by atoms with Crippen LogP contribution in [-0.2, 0) is 0 Å². The number of halogens is 1. The number of hydrogen-bond donors (Lipinski definition) is 2. The molecule has 1 aromatic carbocycles. The number of pyridine rings is 1. The highest BCUT2D eigenvalue weighted by molar-refractivity contribution is 7.19. The van der Waals surface area contributed by atoms with Gasteiger partial charge in [0.2, 0.25) is 0 Å². The molecule has 0 amide bonds. The molecule has 1 aliphatic rings. The van der Waals surface area contributed by atoms with Gasteiger partial charge in [0.25, 0.3) is 0 Å². The van der Waals surface area contributed by atoms with E-state index in [4.69, 9.17) is 0 Å². The molecular formula is C21H21FN4S2. The minimum absolute atomic E-state index is 0.277. The van der Waals surface area contributed by atoms with Crippen LogP contribution in [0.4, 0.5) is 15.8 Å². The van der Waals surface area contributed by atoms with Gasteiger partial charge in [0, 0.05) is 23.0 Å². The highest BCUT2D eigenvalue weighted by atomic mass is 32.1. The van der Waals surface area contributed by atoms with Crippen LogP contribution in [0, 0.1) is 5.82 Å². The zero-order valence-corrected chi connectivity index (χ0v) is 17.4. The SMILES string of the molecule is CC.Fc1cc2scnc2cc1Nc1ccnc2sc(C3=CCCNC3)cc12. The van der Waals surface area contributed by atoms with Gasteiger partial charge in [-0.2, -0.15) is 0 Å². The van der Waals surface area contributed by atoms with Crippen molar-refractivity contribution in [2.45, 2.75) is 20.3 Å². The van der Waals surface area contributed by atoms with Crippen LogP contribution in [-0.4, -0.2) is 23.1 Å². The van der Waals surface area contributed by atoms with Crippen LogP contribution in [0.5, 0.6) is 0 Å². The monoisotopic (exact) mass is 412 g/mol. The van der Waals surface area contributed by atoms with E-state index in [9.17, 15) is 4.39 Å². The number of fused-ring (bicyclic) bond motifs is 2. The van der Waals surface area contributed by atoms with Gasteiger partial charge in [-0.3, -0.25) is 0 Å². The van der Waals surface area contributed by atoms with E-state index in [1.807, 2.05) is 19.9 Å². The summed E-state index contributed by atoms with van der Waals surface area (Å²) in [6, 6.07) is 7.32. The number of thiazole rings is 1. The minimum atomic E-state index is -0.277. The van der Waals surface area contributed by atoms with Crippen LogP contribution in [0.15, 0.2) is 42.0 Å². The Bertz CT molecular complexity index is 1150. The number of anilines is 2. The number of nitrogens with one attached hydrogen (secondary N) is 2. The highest BCUT2D eigenvalue weighted by Crippen LogP contribution is 2.36. The van der Waals surface area contributed by atoms with Crippen LogP contribution >= 0.6 is 22.7 Å². The lowest BCUT2D eigenvalue weighted by atomic mass is 10.1. The Morgan fingerprint density at radius 3 is 2.86 bits per heavy atom. The summed E-state index contributed by atoms with van der Waals surface area (Å²) >= 11 is 3.11. The molecule has 144 valence electrons. The zero-order valence-electron chi connectivity index (χ0n) is 15.8. The van der Waals surface area contributed by atoms with E-state index in [1.165, 1.54) is 27.9 Å². The molecular weight excluding hydrogens is 391 g/mol. The summed E-state index contributed by atoms with van der Waals surface area (Å²) in [5.41, 5.74) is 5.13. The predicted molar refractivity (Wildman–Crippen MR) is 119 cm³/mol. The molecule has 0 bridgehead atoms. The standard InChI is InChI=1S/C19H15FN4S2.C2H6/c20-13-7-18-16(23-10-25-18)8-15(13)24-14-3-5-22-19-12(14)6-17(26-19)11-2-1-4-21-9-11;1-2/h2-3,5-8,10,21H,1,4,9H2,(H,22,24);1-2H3. The summed E-state index contributed by atoms with van der Waals surface area (Å²) in [5.74, 6) is -0.277. The fourth-order valence-electron chi connectivity index (χ4n) is 3.16. The summed E-state index contributed by atoms with van der Waals surface area (Å²) in [7, 11) is 0. The molecule has 4 heterocycles. The molecule has 0 radical (unpaired) electrons. The van der Waals surface area contributed by atoms with Crippen molar-refractivity contribution in [3.63, 3.8) is 0 Å². The van der Waals surface area contributed by atoms with Gasteiger partial charge in [-0.05, 0) is 42.8 Å². The molecule has 4 nitrogen and oxygen atoms in total. The topological polar surface area (TPSA) is 49.8 Å². The molecule has 0 saturated carbocycles. The average Bonchev–Trinajstić information content (AvgIpc) is 3.37. The third-order valence-electron chi connectivity index (χ3n) is 4.47. The van der Waals surface area contributed by atoms with Gasteiger partial charge < -0.3 is 10.6 Å². The first-order chi connectivity index (χ1) is 13.8. The molecule has 0 fully saturated rings. The maximum atomic E-state index is 14.5. The van der Waals surface area contributed by atoms with Gasteiger partial charge in [-0.15, -0.1) is 22.7 Å². The Balaban J connectivity index is 0.000000932. The second kappa shape index (κ2) is 8.34. The van der Waals surface area contributed by atoms with E-state index in [2.05, 4.69) is 32.7 Å². The van der Waals surface area contributed by atoms with Gasteiger partial charge in [0.15, 0.2) is 0 Å². The minimum Gasteiger partial charge on any atom is -0.352 e. The molecule has 0 aliphatic carbocycles. The molecule has 1 aliphatic heterocycles. The van der Waals surface area contributed by atoms with E-state index in [0.717, 1.165) is 45.6 Å². The fourth-order valence-corrected chi connectivity index (χ4v) is 4.91. The zero-order chi connectivity index (χ0) is 19.5. The number of aromatic nitrogens is 2. The van der Waals surface area contributed by atoms with Gasteiger partial charge in [-0.25, -0.2) is 14.4 Å². The molecule has 0 atom stereocenters. The smallest absolute Gasteiger partial charge is 0.148 e.